The van der Waals surface area contributed by atoms with Gasteiger partial charge >= 0.3 is 0 Å². The summed E-state index contributed by atoms with van der Waals surface area (Å²) in [6.07, 6.45) is 2.08. The SMILES string of the molecule is CC.CCC(=O)CCC(=O)NC(C(=O)N[C@@H](CCCNC=O)C(=O)C(C)C)C(C)C.CN. The molecule has 0 saturated heterocycles. The quantitative estimate of drug-likeness (QED) is 0.217. The molecular formula is C23H46N4O5. The molecule has 0 rings (SSSR count). The van der Waals surface area contributed by atoms with E-state index in [1.807, 2.05) is 13.8 Å². The highest BCUT2D eigenvalue weighted by Gasteiger charge is 2.29. The van der Waals surface area contributed by atoms with E-state index in [2.05, 4.69) is 21.7 Å². The molecule has 9 nitrogen and oxygen atoms in total. The van der Waals surface area contributed by atoms with Gasteiger partial charge in [0, 0.05) is 31.7 Å². The average Bonchev–Trinajstić information content (AvgIpc) is 2.79. The van der Waals surface area contributed by atoms with Crippen molar-refractivity contribution in [3.05, 3.63) is 0 Å². The summed E-state index contributed by atoms with van der Waals surface area (Å²) in [5.74, 6) is -1.33. The van der Waals surface area contributed by atoms with Crippen molar-refractivity contribution in [1.29, 1.82) is 0 Å². The molecule has 1 unspecified atom stereocenters. The smallest absolute Gasteiger partial charge is 0.243 e. The van der Waals surface area contributed by atoms with E-state index in [-0.39, 0.29) is 42.2 Å². The normalized spacial score (nSPS) is 11.7. The number of hydrogen-bond donors (Lipinski definition) is 4. The third-order valence-corrected chi connectivity index (χ3v) is 4.42. The van der Waals surface area contributed by atoms with E-state index >= 15 is 0 Å². The fraction of sp³-hybridized carbons (Fsp3) is 0.783. The van der Waals surface area contributed by atoms with E-state index in [1.54, 1.807) is 34.6 Å². The van der Waals surface area contributed by atoms with Crippen LogP contribution >= 0.6 is 0 Å². The maximum absolute atomic E-state index is 12.7. The number of nitrogens with two attached hydrogens (primary N) is 1. The monoisotopic (exact) mass is 458 g/mol. The summed E-state index contributed by atoms with van der Waals surface area (Å²) in [6, 6.07) is -1.47. The van der Waals surface area contributed by atoms with Gasteiger partial charge in [-0.2, -0.15) is 0 Å². The molecule has 0 heterocycles. The summed E-state index contributed by atoms with van der Waals surface area (Å²) in [5, 5.41) is 7.96. The van der Waals surface area contributed by atoms with Crippen molar-refractivity contribution in [2.45, 2.75) is 92.7 Å². The van der Waals surface area contributed by atoms with Crippen LogP contribution in [0.3, 0.4) is 0 Å². The predicted octanol–water partition coefficient (Wildman–Crippen LogP) is 1.72. The summed E-state index contributed by atoms with van der Waals surface area (Å²) in [5.41, 5.74) is 4.50. The van der Waals surface area contributed by atoms with E-state index in [4.69, 9.17) is 0 Å². The van der Waals surface area contributed by atoms with Crippen LogP contribution in [0.2, 0.25) is 0 Å². The van der Waals surface area contributed by atoms with Crippen molar-refractivity contribution in [2.24, 2.45) is 17.6 Å². The molecule has 9 heteroatoms. The average molecular weight is 459 g/mol. The topological polar surface area (TPSA) is 147 Å². The van der Waals surface area contributed by atoms with Gasteiger partial charge < -0.3 is 21.7 Å². The first-order chi connectivity index (χ1) is 15.1. The maximum atomic E-state index is 12.7. The molecule has 2 atom stereocenters. The van der Waals surface area contributed by atoms with Gasteiger partial charge in [0.05, 0.1) is 6.04 Å². The Balaban J connectivity index is -0.00000198. The van der Waals surface area contributed by atoms with Crippen molar-refractivity contribution in [1.82, 2.24) is 16.0 Å². The number of carbonyl (C=O) groups is 5. The van der Waals surface area contributed by atoms with Crippen LogP contribution < -0.4 is 21.7 Å². The van der Waals surface area contributed by atoms with Crippen molar-refractivity contribution in [3.63, 3.8) is 0 Å². The van der Waals surface area contributed by atoms with Gasteiger partial charge in [-0.1, -0.05) is 48.5 Å². The molecule has 0 aromatic heterocycles. The Morgan fingerprint density at radius 1 is 0.938 bits per heavy atom. The Kier molecular flexibility index (Phi) is 23.5. The number of carbonyl (C=O) groups excluding carboxylic acids is 5. The van der Waals surface area contributed by atoms with E-state index in [0.29, 0.717) is 32.2 Å². The number of ketones is 2. The minimum Gasteiger partial charge on any atom is -0.359 e. The molecule has 0 fully saturated rings. The lowest BCUT2D eigenvalue weighted by atomic mass is 9.96. The number of Topliss-reactive ketones (excluding diaryl/α,β-unsaturated/α-hetero) is 2. The second kappa shape index (κ2) is 21.9. The molecule has 5 N–H and O–H groups in total. The van der Waals surface area contributed by atoms with E-state index in [1.165, 1.54) is 7.05 Å². The second-order valence-corrected chi connectivity index (χ2v) is 7.51. The molecule has 188 valence electrons. The highest BCUT2D eigenvalue weighted by Crippen LogP contribution is 2.09. The zero-order valence-electron chi connectivity index (χ0n) is 21.2. The van der Waals surface area contributed by atoms with Crippen LogP contribution in [-0.4, -0.2) is 55.5 Å². The van der Waals surface area contributed by atoms with Crippen molar-refractivity contribution in [3.8, 4) is 0 Å². The highest BCUT2D eigenvalue weighted by molar-refractivity contribution is 5.94. The zero-order valence-corrected chi connectivity index (χ0v) is 21.2. The van der Waals surface area contributed by atoms with Gasteiger partial charge in [-0.05, 0) is 25.8 Å². The third kappa shape index (κ3) is 16.4. The van der Waals surface area contributed by atoms with Gasteiger partial charge in [0.2, 0.25) is 18.2 Å². The molecular weight excluding hydrogens is 412 g/mol. The Bertz CT molecular complexity index is 551. The molecule has 32 heavy (non-hydrogen) atoms. The Morgan fingerprint density at radius 3 is 1.94 bits per heavy atom. The van der Waals surface area contributed by atoms with Gasteiger partial charge in [0.15, 0.2) is 5.78 Å². The molecule has 0 aromatic carbocycles. The summed E-state index contributed by atoms with van der Waals surface area (Å²) >= 11 is 0. The Morgan fingerprint density at radius 2 is 1.50 bits per heavy atom. The van der Waals surface area contributed by atoms with Gasteiger partial charge in [0.25, 0.3) is 0 Å². The van der Waals surface area contributed by atoms with Crippen LogP contribution in [0.1, 0.15) is 80.6 Å². The van der Waals surface area contributed by atoms with Crippen LogP contribution in [0.4, 0.5) is 0 Å². The van der Waals surface area contributed by atoms with Crippen LogP contribution in [-0.2, 0) is 24.0 Å². The molecule has 0 saturated carbocycles. The summed E-state index contributed by atoms with van der Waals surface area (Å²) in [7, 11) is 1.50. The molecule has 0 aromatic rings. The van der Waals surface area contributed by atoms with Crippen molar-refractivity contribution in [2.75, 3.05) is 13.6 Å². The Labute approximate surface area is 194 Å². The molecule has 0 spiro atoms. The molecule has 0 radical (unpaired) electrons. The predicted molar refractivity (Wildman–Crippen MR) is 128 cm³/mol. The van der Waals surface area contributed by atoms with E-state index in [0.717, 1.165) is 0 Å². The van der Waals surface area contributed by atoms with Gasteiger partial charge in [-0.3, -0.25) is 24.0 Å². The zero-order chi connectivity index (χ0) is 25.7. The van der Waals surface area contributed by atoms with Crippen LogP contribution in [0.5, 0.6) is 0 Å². The highest BCUT2D eigenvalue weighted by atomic mass is 16.2. The fourth-order valence-corrected chi connectivity index (χ4v) is 2.63. The number of amides is 3. The molecule has 0 aliphatic rings. The van der Waals surface area contributed by atoms with Gasteiger partial charge in [-0.25, -0.2) is 0 Å². The lowest BCUT2D eigenvalue weighted by Gasteiger charge is -2.26. The first kappa shape index (κ1) is 34.3. The first-order valence-corrected chi connectivity index (χ1v) is 11.5. The number of rotatable bonds is 15. The molecule has 3 amide bonds. The first-order valence-electron chi connectivity index (χ1n) is 11.5. The molecule has 0 aliphatic heterocycles. The van der Waals surface area contributed by atoms with Crippen LogP contribution in [0, 0.1) is 11.8 Å². The Hall–Kier alpha value is -2.29. The van der Waals surface area contributed by atoms with Crippen molar-refractivity contribution >= 4 is 29.8 Å². The molecule has 0 aliphatic carbocycles. The maximum Gasteiger partial charge on any atom is 0.243 e. The number of nitrogens with one attached hydrogen (secondary N) is 3. The standard InChI is InChI=1S/C20H35N3O5.C2H6.CH5N/c1-6-15(25)9-10-17(26)23-18(13(2)3)20(28)22-16(19(27)14(4)5)8-7-11-21-12-24;2*1-2/h12-14,16,18H,6-11H2,1-5H3,(H,21,24)(H,22,28)(H,23,26);1-2H3;2H2,1H3/t16-,18?;;/m0../s1. The van der Waals surface area contributed by atoms with E-state index in [9.17, 15) is 24.0 Å². The third-order valence-electron chi connectivity index (χ3n) is 4.42. The van der Waals surface area contributed by atoms with Crippen LogP contribution in [0.25, 0.3) is 0 Å². The van der Waals surface area contributed by atoms with E-state index < -0.39 is 18.0 Å². The minimum absolute atomic E-state index is 0.00720. The summed E-state index contributed by atoms with van der Waals surface area (Å²) in [6.45, 7) is 13.3. The summed E-state index contributed by atoms with van der Waals surface area (Å²) in [4.78, 5) is 59.0. The molecule has 0 bridgehead atoms. The minimum atomic E-state index is -0.792. The summed E-state index contributed by atoms with van der Waals surface area (Å²) < 4.78 is 0. The largest absolute Gasteiger partial charge is 0.359 e. The second-order valence-electron chi connectivity index (χ2n) is 7.51. The fourth-order valence-electron chi connectivity index (χ4n) is 2.63. The van der Waals surface area contributed by atoms with Gasteiger partial charge in [0.1, 0.15) is 11.8 Å². The lowest BCUT2D eigenvalue weighted by Crippen LogP contribution is -2.54. The lowest BCUT2D eigenvalue weighted by molar-refractivity contribution is -0.133. The van der Waals surface area contributed by atoms with Crippen molar-refractivity contribution < 1.29 is 24.0 Å². The van der Waals surface area contributed by atoms with Crippen LogP contribution in [0.15, 0.2) is 0 Å². The van der Waals surface area contributed by atoms with Gasteiger partial charge in [-0.15, -0.1) is 0 Å². The number of hydrogen-bond acceptors (Lipinski definition) is 6.